The predicted molar refractivity (Wildman–Crippen MR) is 104 cm³/mol. The van der Waals surface area contributed by atoms with Crippen LogP contribution in [0.2, 0.25) is 0 Å². The van der Waals surface area contributed by atoms with Crippen LogP contribution in [0.5, 0.6) is 11.5 Å². The van der Waals surface area contributed by atoms with Gasteiger partial charge in [0.05, 0.1) is 22.4 Å². The molecular weight excluding hydrogens is 346 g/mol. The highest BCUT2D eigenvalue weighted by Crippen LogP contribution is 2.32. The van der Waals surface area contributed by atoms with Gasteiger partial charge in [-0.25, -0.2) is 9.97 Å². The second kappa shape index (κ2) is 7.32. The quantitative estimate of drug-likeness (QED) is 0.679. The average molecular weight is 365 g/mol. The molecule has 3 aromatic rings. The highest BCUT2D eigenvalue weighted by atomic mass is 32.1. The Balaban J connectivity index is 1.53. The largest absolute Gasteiger partial charge is 0.457 e. The van der Waals surface area contributed by atoms with Gasteiger partial charge in [-0.2, -0.15) is 0 Å². The standard InChI is InChI=1S/C20H19N3O2S/c1-2-13-11-15(9-10-21-13)25-14-7-8-17-19(12-14)26-20(23-17)22-16-5-3-4-6-18(16)24/h1,7-12,16,18,24H,3-6H2,(H,22,23)/t16-,18-/m1/s1. The van der Waals surface area contributed by atoms with Crippen molar-refractivity contribution in [1.29, 1.82) is 0 Å². The molecule has 0 amide bonds. The summed E-state index contributed by atoms with van der Waals surface area (Å²) in [5.41, 5.74) is 1.45. The van der Waals surface area contributed by atoms with Crippen LogP contribution in [0.25, 0.3) is 10.2 Å². The lowest BCUT2D eigenvalue weighted by Gasteiger charge is -2.27. The van der Waals surface area contributed by atoms with Crippen LogP contribution in [0.1, 0.15) is 31.4 Å². The molecule has 26 heavy (non-hydrogen) atoms. The summed E-state index contributed by atoms with van der Waals surface area (Å²) in [6.45, 7) is 0. The van der Waals surface area contributed by atoms with Crippen LogP contribution in [-0.4, -0.2) is 27.2 Å². The molecular formula is C20H19N3O2S. The number of pyridine rings is 1. The first-order chi connectivity index (χ1) is 12.7. The van der Waals surface area contributed by atoms with Crippen molar-refractivity contribution in [1.82, 2.24) is 9.97 Å². The lowest BCUT2D eigenvalue weighted by atomic mass is 9.93. The van der Waals surface area contributed by atoms with E-state index >= 15 is 0 Å². The number of benzene rings is 1. The van der Waals surface area contributed by atoms with Crippen LogP contribution < -0.4 is 10.1 Å². The molecule has 4 rings (SSSR count). The molecule has 0 unspecified atom stereocenters. The van der Waals surface area contributed by atoms with Gasteiger partial charge >= 0.3 is 0 Å². The van der Waals surface area contributed by atoms with Gasteiger partial charge in [0, 0.05) is 18.3 Å². The second-order valence-electron chi connectivity index (χ2n) is 6.37. The molecule has 0 saturated heterocycles. The number of terminal acetylenes is 1. The van der Waals surface area contributed by atoms with Crippen molar-refractivity contribution >= 4 is 26.7 Å². The van der Waals surface area contributed by atoms with E-state index in [1.54, 1.807) is 29.7 Å². The van der Waals surface area contributed by atoms with Crippen molar-refractivity contribution in [2.75, 3.05) is 5.32 Å². The first kappa shape index (κ1) is 16.8. The number of aliphatic hydroxyl groups excluding tert-OH is 1. The number of hydrogen-bond donors (Lipinski definition) is 2. The van der Waals surface area contributed by atoms with Crippen LogP contribution in [0, 0.1) is 12.3 Å². The Morgan fingerprint density at radius 2 is 2.04 bits per heavy atom. The van der Waals surface area contributed by atoms with Crippen molar-refractivity contribution in [3.63, 3.8) is 0 Å². The zero-order valence-electron chi connectivity index (χ0n) is 14.2. The molecule has 2 aromatic heterocycles. The van der Waals surface area contributed by atoms with Crippen molar-refractivity contribution in [2.45, 2.75) is 37.8 Å². The van der Waals surface area contributed by atoms with E-state index in [1.807, 2.05) is 18.2 Å². The first-order valence-corrected chi connectivity index (χ1v) is 9.48. The summed E-state index contributed by atoms with van der Waals surface area (Å²) in [6, 6.07) is 9.37. The highest BCUT2D eigenvalue weighted by Gasteiger charge is 2.23. The van der Waals surface area contributed by atoms with E-state index in [4.69, 9.17) is 11.2 Å². The smallest absolute Gasteiger partial charge is 0.184 e. The Morgan fingerprint density at radius 3 is 2.88 bits per heavy atom. The van der Waals surface area contributed by atoms with E-state index in [1.165, 1.54) is 0 Å². The first-order valence-electron chi connectivity index (χ1n) is 8.67. The van der Waals surface area contributed by atoms with Crippen LogP contribution >= 0.6 is 11.3 Å². The number of nitrogens with one attached hydrogen (secondary N) is 1. The second-order valence-corrected chi connectivity index (χ2v) is 7.41. The molecule has 1 aromatic carbocycles. The molecule has 2 N–H and O–H groups in total. The summed E-state index contributed by atoms with van der Waals surface area (Å²) >= 11 is 1.57. The topological polar surface area (TPSA) is 67.3 Å². The summed E-state index contributed by atoms with van der Waals surface area (Å²) < 4.78 is 6.92. The summed E-state index contributed by atoms with van der Waals surface area (Å²) in [5.74, 6) is 3.88. The minimum Gasteiger partial charge on any atom is -0.457 e. The zero-order valence-corrected chi connectivity index (χ0v) is 15.0. The predicted octanol–water partition coefficient (Wildman–Crippen LogP) is 4.18. The van der Waals surface area contributed by atoms with Gasteiger partial charge < -0.3 is 15.2 Å². The summed E-state index contributed by atoms with van der Waals surface area (Å²) in [4.78, 5) is 8.68. The van der Waals surface area contributed by atoms with Gasteiger partial charge in [-0.3, -0.25) is 0 Å². The van der Waals surface area contributed by atoms with Gasteiger partial charge in [-0.15, -0.1) is 6.42 Å². The lowest BCUT2D eigenvalue weighted by molar-refractivity contribution is 0.116. The van der Waals surface area contributed by atoms with Crippen LogP contribution in [0.15, 0.2) is 36.5 Å². The number of fused-ring (bicyclic) bond motifs is 1. The number of hydrogen-bond acceptors (Lipinski definition) is 6. The Labute approximate surface area is 156 Å². The SMILES string of the molecule is C#Cc1cc(Oc2ccc3nc(N[C@@H]4CCCC[C@H]4O)sc3c2)ccn1. The van der Waals surface area contributed by atoms with Crippen molar-refractivity contribution in [2.24, 2.45) is 0 Å². The Hall–Kier alpha value is -2.62. The summed E-state index contributed by atoms with van der Waals surface area (Å²) in [6.07, 6.45) is 10.8. The zero-order chi connectivity index (χ0) is 17.9. The van der Waals surface area contributed by atoms with E-state index in [0.717, 1.165) is 46.8 Å². The van der Waals surface area contributed by atoms with Crippen molar-refractivity contribution < 1.29 is 9.84 Å². The van der Waals surface area contributed by atoms with E-state index in [0.29, 0.717) is 11.4 Å². The van der Waals surface area contributed by atoms with Gasteiger partial charge in [0.15, 0.2) is 5.13 Å². The number of ether oxygens (including phenoxy) is 1. The van der Waals surface area contributed by atoms with E-state index in [9.17, 15) is 5.11 Å². The number of rotatable bonds is 4. The number of anilines is 1. The molecule has 132 valence electrons. The van der Waals surface area contributed by atoms with Crippen molar-refractivity contribution in [3.05, 3.63) is 42.2 Å². The third kappa shape index (κ3) is 3.64. The lowest BCUT2D eigenvalue weighted by Crippen LogP contribution is -2.36. The maximum Gasteiger partial charge on any atom is 0.184 e. The molecule has 1 aliphatic carbocycles. The Bertz CT molecular complexity index is 963. The Morgan fingerprint density at radius 1 is 1.19 bits per heavy atom. The summed E-state index contributed by atoms with van der Waals surface area (Å²) in [5, 5.41) is 14.4. The number of thiazole rings is 1. The van der Waals surface area contributed by atoms with Crippen LogP contribution in [-0.2, 0) is 0 Å². The van der Waals surface area contributed by atoms with Crippen LogP contribution in [0.3, 0.4) is 0 Å². The molecule has 5 nitrogen and oxygen atoms in total. The molecule has 2 atom stereocenters. The molecule has 1 fully saturated rings. The minimum absolute atomic E-state index is 0.0824. The number of aliphatic hydroxyl groups is 1. The van der Waals surface area contributed by atoms with Gasteiger partial charge in [-0.1, -0.05) is 30.1 Å². The molecule has 1 saturated carbocycles. The third-order valence-corrected chi connectivity index (χ3v) is 5.46. The third-order valence-electron chi connectivity index (χ3n) is 4.51. The van der Waals surface area contributed by atoms with Gasteiger partial charge in [0.25, 0.3) is 0 Å². The summed E-state index contributed by atoms with van der Waals surface area (Å²) in [7, 11) is 0. The number of nitrogens with zero attached hydrogens (tertiary/aromatic N) is 2. The van der Waals surface area contributed by atoms with E-state index in [-0.39, 0.29) is 12.1 Å². The molecule has 0 aliphatic heterocycles. The van der Waals surface area contributed by atoms with Crippen LogP contribution in [0.4, 0.5) is 5.13 Å². The van der Waals surface area contributed by atoms with Gasteiger partial charge in [0.1, 0.15) is 17.2 Å². The molecule has 0 bridgehead atoms. The molecule has 6 heteroatoms. The maximum absolute atomic E-state index is 10.1. The average Bonchev–Trinajstić information content (AvgIpc) is 3.05. The monoisotopic (exact) mass is 365 g/mol. The fraction of sp³-hybridized carbons (Fsp3) is 0.300. The maximum atomic E-state index is 10.1. The molecule has 1 aliphatic rings. The molecule has 2 heterocycles. The highest BCUT2D eigenvalue weighted by molar-refractivity contribution is 7.22. The van der Waals surface area contributed by atoms with Gasteiger partial charge in [0.2, 0.25) is 0 Å². The normalized spacial score (nSPS) is 19.8. The minimum atomic E-state index is -0.299. The molecule has 0 radical (unpaired) electrons. The van der Waals surface area contributed by atoms with Crippen molar-refractivity contribution in [3.8, 4) is 23.8 Å². The Kier molecular flexibility index (Phi) is 4.74. The fourth-order valence-corrected chi connectivity index (χ4v) is 4.11. The molecule has 0 spiro atoms. The van der Waals surface area contributed by atoms with Gasteiger partial charge in [-0.05, 0) is 31.0 Å². The number of aromatic nitrogens is 2. The van der Waals surface area contributed by atoms with E-state index in [2.05, 4.69) is 21.2 Å². The van der Waals surface area contributed by atoms with E-state index < -0.39 is 0 Å². The fourth-order valence-electron chi connectivity index (χ4n) is 3.16.